The Morgan fingerprint density at radius 3 is 2.74 bits per heavy atom. The lowest BCUT2D eigenvalue weighted by molar-refractivity contribution is -0.119. The van der Waals surface area contributed by atoms with Crippen LogP contribution in [-0.2, 0) is 4.79 Å². The number of para-hydroxylation sites is 1. The molecular weight excluding hydrogens is 314 g/mol. The normalized spacial score (nSPS) is 11.7. The summed E-state index contributed by atoms with van der Waals surface area (Å²) in [7, 11) is 0. The summed E-state index contributed by atoms with van der Waals surface area (Å²) < 4.78 is 5.30. The summed E-state index contributed by atoms with van der Waals surface area (Å²) in [5, 5.41) is 5.78. The molecule has 0 bridgehead atoms. The van der Waals surface area contributed by atoms with Crippen LogP contribution in [0.1, 0.15) is 40.4 Å². The minimum Gasteiger partial charge on any atom is -0.483 e. The number of ether oxygens (including phenoxy) is 1. The Morgan fingerprint density at radius 1 is 1.39 bits per heavy atom. The van der Waals surface area contributed by atoms with E-state index < -0.39 is 5.91 Å². The molecule has 1 heterocycles. The SMILES string of the molecule is CCC(NC(=O)c1ccccc1OCC(N)=O)c1nc(C)cs1. The van der Waals surface area contributed by atoms with Crippen molar-refractivity contribution in [2.45, 2.75) is 26.3 Å². The summed E-state index contributed by atoms with van der Waals surface area (Å²) in [6, 6.07) is 6.58. The number of amides is 2. The van der Waals surface area contributed by atoms with Gasteiger partial charge in [0.05, 0.1) is 11.6 Å². The highest BCUT2D eigenvalue weighted by Gasteiger charge is 2.19. The number of nitrogens with two attached hydrogens (primary N) is 1. The molecule has 0 radical (unpaired) electrons. The first-order chi connectivity index (χ1) is 11.0. The van der Waals surface area contributed by atoms with E-state index >= 15 is 0 Å². The summed E-state index contributed by atoms with van der Waals surface area (Å²) in [4.78, 5) is 27.8. The van der Waals surface area contributed by atoms with Gasteiger partial charge < -0.3 is 15.8 Å². The first kappa shape index (κ1) is 17.0. The number of hydrogen-bond acceptors (Lipinski definition) is 5. The second kappa shape index (κ2) is 7.73. The highest BCUT2D eigenvalue weighted by molar-refractivity contribution is 7.09. The van der Waals surface area contributed by atoms with Crippen LogP contribution in [0.5, 0.6) is 5.75 Å². The maximum atomic E-state index is 12.5. The van der Waals surface area contributed by atoms with Gasteiger partial charge in [0, 0.05) is 11.1 Å². The fraction of sp³-hybridized carbons (Fsp3) is 0.312. The molecule has 0 aliphatic carbocycles. The van der Waals surface area contributed by atoms with Crippen LogP contribution in [0.25, 0.3) is 0 Å². The average molecular weight is 333 g/mol. The predicted octanol–water partition coefficient (Wildman–Crippen LogP) is 2.20. The molecule has 0 aliphatic heterocycles. The molecule has 0 spiro atoms. The zero-order valence-corrected chi connectivity index (χ0v) is 13.9. The molecule has 1 atom stereocenters. The zero-order valence-electron chi connectivity index (χ0n) is 13.0. The van der Waals surface area contributed by atoms with Crippen LogP contribution in [0.15, 0.2) is 29.6 Å². The highest BCUT2D eigenvalue weighted by atomic mass is 32.1. The number of aryl methyl sites for hydroxylation is 1. The largest absolute Gasteiger partial charge is 0.483 e. The third kappa shape index (κ3) is 4.53. The Bertz CT molecular complexity index is 699. The highest BCUT2D eigenvalue weighted by Crippen LogP contribution is 2.23. The Hall–Kier alpha value is -2.41. The summed E-state index contributed by atoms with van der Waals surface area (Å²) in [5.74, 6) is -0.538. The zero-order chi connectivity index (χ0) is 16.8. The molecule has 0 fully saturated rings. The maximum absolute atomic E-state index is 12.5. The number of aromatic nitrogens is 1. The number of rotatable bonds is 7. The van der Waals surface area contributed by atoms with Crippen LogP contribution in [0, 0.1) is 6.92 Å². The molecule has 3 N–H and O–H groups in total. The van der Waals surface area contributed by atoms with E-state index in [2.05, 4.69) is 10.3 Å². The van der Waals surface area contributed by atoms with E-state index in [0.717, 1.165) is 17.1 Å². The van der Waals surface area contributed by atoms with Crippen molar-refractivity contribution in [2.24, 2.45) is 5.73 Å². The van der Waals surface area contributed by atoms with Crippen LogP contribution >= 0.6 is 11.3 Å². The fourth-order valence-corrected chi connectivity index (χ4v) is 2.97. The molecule has 1 unspecified atom stereocenters. The fourth-order valence-electron chi connectivity index (χ4n) is 2.04. The van der Waals surface area contributed by atoms with Gasteiger partial charge >= 0.3 is 0 Å². The molecule has 6 nitrogen and oxygen atoms in total. The molecule has 2 aromatic rings. The number of primary amides is 1. The quantitative estimate of drug-likeness (QED) is 0.812. The van der Waals surface area contributed by atoms with Gasteiger partial charge in [-0.05, 0) is 25.5 Å². The van der Waals surface area contributed by atoms with Crippen molar-refractivity contribution in [3.8, 4) is 5.75 Å². The summed E-state index contributed by atoms with van der Waals surface area (Å²) in [6.45, 7) is 3.63. The topological polar surface area (TPSA) is 94.3 Å². The minimum atomic E-state index is -0.593. The molecular formula is C16H19N3O3S. The number of nitrogens with zero attached hydrogens (tertiary/aromatic N) is 1. The van der Waals surface area contributed by atoms with Crippen molar-refractivity contribution in [2.75, 3.05) is 6.61 Å². The third-order valence-electron chi connectivity index (χ3n) is 3.15. The van der Waals surface area contributed by atoms with Crippen LogP contribution < -0.4 is 15.8 Å². The maximum Gasteiger partial charge on any atom is 0.255 e. The minimum absolute atomic E-state index is 0.162. The lowest BCUT2D eigenvalue weighted by Gasteiger charge is -2.16. The molecule has 1 aromatic carbocycles. The van der Waals surface area contributed by atoms with Gasteiger partial charge in [0.1, 0.15) is 10.8 Å². The van der Waals surface area contributed by atoms with Crippen LogP contribution in [-0.4, -0.2) is 23.4 Å². The molecule has 2 amide bonds. The van der Waals surface area contributed by atoms with Crippen molar-refractivity contribution in [1.29, 1.82) is 0 Å². The van der Waals surface area contributed by atoms with Gasteiger partial charge in [-0.25, -0.2) is 4.98 Å². The monoisotopic (exact) mass is 333 g/mol. The molecule has 122 valence electrons. The molecule has 2 rings (SSSR count). The van der Waals surface area contributed by atoms with Gasteiger partial charge in [-0.3, -0.25) is 9.59 Å². The van der Waals surface area contributed by atoms with Crippen LogP contribution in [0.3, 0.4) is 0 Å². The Balaban J connectivity index is 2.14. The van der Waals surface area contributed by atoms with Crippen molar-refractivity contribution in [3.05, 3.63) is 45.9 Å². The molecule has 7 heteroatoms. The van der Waals surface area contributed by atoms with Gasteiger partial charge in [-0.1, -0.05) is 19.1 Å². The van der Waals surface area contributed by atoms with Gasteiger partial charge in [-0.15, -0.1) is 11.3 Å². The van der Waals surface area contributed by atoms with E-state index in [1.54, 1.807) is 24.3 Å². The number of thiazole rings is 1. The van der Waals surface area contributed by atoms with Gasteiger partial charge in [0.15, 0.2) is 6.61 Å². The molecule has 0 saturated heterocycles. The van der Waals surface area contributed by atoms with Crippen molar-refractivity contribution in [1.82, 2.24) is 10.3 Å². The number of nitrogens with one attached hydrogen (secondary N) is 1. The average Bonchev–Trinajstić information content (AvgIpc) is 2.97. The van der Waals surface area contributed by atoms with Crippen molar-refractivity contribution in [3.63, 3.8) is 0 Å². The Kier molecular flexibility index (Phi) is 5.70. The standard InChI is InChI=1S/C16H19N3O3S/c1-3-12(16-18-10(2)9-23-16)19-15(21)11-6-4-5-7-13(11)22-8-14(17)20/h4-7,9,12H,3,8H2,1-2H3,(H2,17,20)(H,19,21). The van der Waals surface area contributed by atoms with E-state index in [1.807, 2.05) is 19.2 Å². The predicted molar refractivity (Wildman–Crippen MR) is 88.5 cm³/mol. The van der Waals surface area contributed by atoms with Crippen molar-refractivity contribution < 1.29 is 14.3 Å². The first-order valence-electron chi connectivity index (χ1n) is 7.24. The lowest BCUT2D eigenvalue weighted by atomic mass is 10.1. The Labute approximate surface area is 138 Å². The molecule has 1 aromatic heterocycles. The van der Waals surface area contributed by atoms with Gasteiger partial charge in [0.2, 0.25) is 0 Å². The van der Waals surface area contributed by atoms with E-state index in [1.165, 1.54) is 11.3 Å². The second-order valence-corrected chi connectivity index (χ2v) is 5.90. The smallest absolute Gasteiger partial charge is 0.255 e. The third-order valence-corrected chi connectivity index (χ3v) is 4.23. The summed E-state index contributed by atoms with van der Waals surface area (Å²) in [5.41, 5.74) is 6.37. The van der Waals surface area contributed by atoms with E-state index in [-0.39, 0.29) is 18.6 Å². The van der Waals surface area contributed by atoms with Gasteiger partial charge in [-0.2, -0.15) is 0 Å². The number of hydrogen-bond donors (Lipinski definition) is 2. The number of carbonyl (C=O) groups excluding carboxylic acids is 2. The number of benzene rings is 1. The van der Waals surface area contributed by atoms with Crippen LogP contribution in [0.2, 0.25) is 0 Å². The first-order valence-corrected chi connectivity index (χ1v) is 8.12. The lowest BCUT2D eigenvalue weighted by Crippen LogP contribution is -2.29. The number of carbonyl (C=O) groups is 2. The van der Waals surface area contributed by atoms with Gasteiger partial charge in [0.25, 0.3) is 11.8 Å². The summed E-state index contributed by atoms with van der Waals surface area (Å²) >= 11 is 1.52. The van der Waals surface area contributed by atoms with Crippen molar-refractivity contribution >= 4 is 23.2 Å². The molecule has 0 saturated carbocycles. The van der Waals surface area contributed by atoms with E-state index in [0.29, 0.717) is 11.3 Å². The second-order valence-electron chi connectivity index (χ2n) is 5.01. The molecule has 23 heavy (non-hydrogen) atoms. The summed E-state index contributed by atoms with van der Waals surface area (Å²) in [6.07, 6.45) is 0.725. The Morgan fingerprint density at radius 2 is 2.13 bits per heavy atom. The van der Waals surface area contributed by atoms with E-state index in [4.69, 9.17) is 10.5 Å². The van der Waals surface area contributed by atoms with E-state index in [9.17, 15) is 9.59 Å². The molecule has 0 aliphatic rings. The van der Waals surface area contributed by atoms with Crippen LogP contribution in [0.4, 0.5) is 0 Å².